The van der Waals surface area contributed by atoms with E-state index in [9.17, 15) is 0 Å². The lowest BCUT2D eigenvalue weighted by molar-refractivity contribution is 0.951. The molecule has 0 aliphatic rings. The van der Waals surface area contributed by atoms with Gasteiger partial charge in [0.2, 0.25) is 0 Å². The van der Waals surface area contributed by atoms with Crippen LogP contribution in [0.5, 0.6) is 0 Å². The maximum atomic E-state index is 5.51. The van der Waals surface area contributed by atoms with Crippen molar-refractivity contribution in [1.82, 2.24) is 4.98 Å². The minimum absolute atomic E-state index is 0.535. The van der Waals surface area contributed by atoms with Gasteiger partial charge in [0, 0.05) is 12.7 Å². The maximum Gasteiger partial charge on any atom is 0.0571 e. The van der Waals surface area contributed by atoms with Crippen LogP contribution in [-0.2, 0) is 6.54 Å². The molecule has 2 N–H and O–H groups in total. The molecule has 0 saturated heterocycles. The van der Waals surface area contributed by atoms with Crippen molar-refractivity contribution in [2.45, 2.75) is 41.2 Å². The highest BCUT2D eigenvalue weighted by Gasteiger charge is 2.02. The van der Waals surface area contributed by atoms with Crippen LogP contribution in [0.2, 0.25) is 0 Å². The van der Waals surface area contributed by atoms with Crippen molar-refractivity contribution < 1.29 is 0 Å². The van der Waals surface area contributed by atoms with Crippen LogP contribution in [0.3, 0.4) is 0 Å². The first-order valence-electron chi connectivity index (χ1n) is 4.78. The van der Waals surface area contributed by atoms with Crippen molar-refractivity contribution in [2.24, 2.45) is 5.73 Å². The number of nitrogens with two attached hydrogens (primary N) is 1. The number of pyridine rings is 1. The highest BCUT2D eigenvalue weighted by molar-refractivity contribution is 5.33. The second-order valence-corrected chi connectivity index (χ2v) is 2.84. The summed E-state index contributed by atoms with van der Waals surface area (Å²) in [6.07, 6.45) is 1.88. The monoisotopic (exact) mass is 180 g/mol. The lowest BCUT2D eigenvalue weighted by Crippen LogP contribution is -2.04. The zero-order valence-electron chi connectivity index (χ0n) is 9.31. The quantitative estimate of drug-likeness (QED) is 0.721. The number of hydrogen-bond acceptors (Lipinski definition) is 2. The minimum Gasteiger partial charge on any atom is -0.325 e. The van der Waals surface area contributed by atoms with Gasteiger partial charge < -0.3 is 5.73 Å². The van der Waals surface area contributed by atoms with E-state index in [0.717, 1.165) is 5.69 Å². The standard InChI is InChI=1S/C9H14N2.C2H6/c1-6-5-11-9(4-10)8(3)7(6)2;1-2/h5H,4,10H2,1-3H3;1-2H3. The smallest absolute Gasteiger partial charge is 0.0571 e. The normalized spacial score (nSPS) is 9.08. The highest BCUT2D eigenvalue weighted by Crippen LogP contribution is 2.13. The Bertz CT molecular complexity index is 267. The van der Waals surface area contributed by atoms with Crippen LogP contribution in [0.25, 0.3) is 0 Å². The van der Waals surface area contributed by atoms with Gasteiger partial charge in [-0.1, -0.05) is 13.8 Å². The highest BCUT2D eigenvalue weighted by atomic mass is 14.7. The molecule has 13 heavy (non-hydrogen) atoms. The Kier molecular flexibility index (Phi) is 5.31. The van der Waals surface area contributed by atoms with Gasteiger partial charge in [0.05, 0.1) is 5.69 Å². The van der Waals surface area contributed by atoms with Gasteiger partial charge in [-0.2, -0.15) is 0 Å². The molecule has 1 aromatic rings. The van der Waals surface area contributed by atoms with Gasteiger partial charge in [0.25, 0.3) is 0 Å². The molecule has 0 aliphatic carbocycles. The summed E-state index contributed by atoms with van der Waals surface area (Å²) >= 11 is 0. The Morgan fingerprint density at radius 1 is 1.15 bits per heavy atom. The third-order valence-corrected chi connectivity index (χ3v) is 2.19. The fourth-order valence-electron chi connectivity index (χ4n) is 1.09. The SMILES string of the molecule is CC.Cc1cnc(CN)c(C)c1C. The molecule has 1 heterocycles. The van der Waals surface area contributed by atoms with E-state index in [2.05, 4.69) is 25.8 Å². The fraction of sp³-hybridized carbons (Fsp3) is 0.545. The van der Waals surface area contributed by atoms with Crippen LogP contribution in [0, 0.1) is 20.8 Å². The molecule has 1 aromatic heterocycles. The average Bonchev–Trinajstić information content (AvgIpc) is 2.18. The first-order chi connectivity index (χ1) is 6.16. The molecule has 0 bridgehead atoms. The molecule has 0 spiro atoms. The lowest BCUT2D eigenvalue weighted by atomic mass is 10.1. The summed E-state index contributed by atoms with van der Waals surface area (Å²) in [6.45, 7) is 10.8. The van der Waals surface area contributed by atoms with Gasteiger partial charge in [-0.25, -0.2) is 0 Å². The van der Waals surface area contributed by atoms with E-state index in [4.69, 9.17) is 5.73 Å². The molecule has 0 saturated carbocycles. The number of aryl methyl sites for hydroxylation is 1. The van der Waals surface area contributed by atoms with Gasteiger partial charge in [0.15, 0.2) is 0 Å². The zero-order valence-corrected chi connectivity index (χ0v) is 9.31. The third kappa shape index (κ3) is 2.81. The van der Waals surface area contributed by atoms with Crippen LogP contribution in [0.15, 0.2) is 6.20 Å². The third-order valence-electron chi connectivity index (χ3n) is 2.19. The number of rotatable bonds is 1. The van der Waals surface area contributed by atoms with Crippen molar-refractivity contribution in [3.63, 3.8) is 0 Å². The molecule has 0 fully saturated rings. The van der Waals surface area contributed by atoms with Crippen molar-refractivity contribution in [3.05, 3.63) is 28.6 Å². The van der Waals surface area contributed by atoms with Gasteiger partial charge >= 0.3 is 0 Å². The van der Waals surface area contributed by atoms with Crippen LogP contribution >= 0.6 is 0 Å². The van der Waals surface area contributed by atoms with Crippen LogP contribution in [0.4, 0.5) is 0 Å². The van der Waals surface area contributed by atoms with Gasteiger partial charge in [-0.15, -0.1) is 0 Å². The number of hydrogen-bond donors (Lipinski definition) is 1. The van der Waals surface area contributed by atoms with Crippen LogP contribution < -0.4 is 5.73 Å². The Morgan fingerprint density at radius 2 is 1.69 bits per heavy atom. The first kappa shape index (κ1) is 12.1. The van der Waals surface area contributed by atoms with Crippen molar-refractivity contribution in [1.29, 1.82) is 0 Å². The summed E-state index contributed by atoms with van der Waals surface area (Å²) < 4.78 is 0. The largest absolute Gasteiger partial charge is 0.325 e. The molecule has 74 valence electrons. The van der Waals surface area contributed by atoms with Gasteiger partial charge in [-0.05, 0) is 37.5 Å². The molecule has 0 aromatic carbocycles. The Hall–Kier alpha value is -0.890. The second kappa shape index (κ2) is 5.70. The molecular formula is C11H20N2. The molecule has 0 aliphatic heterocycles. The number of nitrogens with zero attached hydrogens (tertiary/aromatic N) is 1. The Balaban J connectivity index is 0.000000671. The topological polar surface area (TPSA) is 38.9 Å². The van der Waals surface area contributed by atoms with E-state index in [1.807, 2.05) is 20.0 Å². The molecule has 2 nitrogen and oxygen atoms in total. The summed E-state index contributed by atoms with van der Waals surface area (Å²) in [7, 11) is 0. The van der Waals surface area contributed by atoms with Crippen molar-refractivity contribution in [3.8, 4) is 0 Å². The van der Waals surface area contributed by atoms with Gasteiger partial charge in [-0.3, -0.25) is 4.98 Å². The van der Waals surface area contributed by atoms with Crippen LogP contribution in [-0.4, -0.2) is 4.98 Å². The lowest BCUT2D eigenvalue weighted by Gasteiger charge is -2.07. The summed E-state index contributed by atoms with van der Waals surface area (Å²) in [5, 5.41) is 0. The molecule has 0 radical (unpaired) electrons. The maximum absolute atomic E-state index is 5.51. The van der Waals surface area contributed by atoms with E-state index >= 15 is 0 Å². The number of aromatic nitrogens is 1. The van der Waals surface area contributed by atoms with E-state index in [1.54, 1.807) is 0 Å². The second-order valence-electron chi connectivity index (χ2n) is 2.84. The minimum atomic E-state index is 0.535. The summed E-state index contributed by atoms with van der Waals surface area (Å²) in [4.78, 5) is 4.23. The fourth-order valence-corrected chi connectivity index (χ4v) is 1.09. The molecule has 0 atom stereocenters. The summed E-state index contributed by atoms with van der Waals surface area (Å²) in [5.41, 5.74) is 10.3. The van der Waals surface area contributed by atoms with E-state index in [0.29, 0.717) is 6.54 Å². The molecule has 0 amide bonds. The van der Waals surface area contributed by atoms with E-state index < -0.39 is 0 Å². The van der Waals surface area contributed by atoms with Crippen LogP contribution in [0.1, 0.15) is 36.2 Å². The Labute approximate surface area is 81.2 Å². The van der Waals surface area contributed by atoms with E-state index in [1.165, 1.54) is 16.7 Å². The molecule has 1 rings (SSSR count). The predicted octanol–water partition coefficient (Wildman–Crippen LogP) is 2.49. The summed E-state index contributed by atoms with van der Waals surface area (Å²) in [5.74, 6) is 0. The Morgan fingerprint density at radius 3 is 2.15 bits per heavy atom. The predicted molar refractivity (Wildman–Crippen MR) is 57.7 cm³/mol. The van der Waals surface area contributed by atoms with Crippen molar-refractivity contribution >= 4 is 0 Å². The van der Waals surface area contributed by atoms with Gasteiger partial charge in [0.1, 0.15) is 0 Å². The zero-order chi connectivity index (χ0) is 10.4. The van der Waals surface area contributed by atoms with Crippen molar-refractivity contribution in [2.75, 3.05) is 0 Å². The first-order valence-corrected chi connectivity index (χ1v) is 4.78. The molecular weight excluding hydrogens is 160 g/mol. The average molecular weight is 180 g/mol. The summed E-state index contributed by atoms with van der Waals surface area (Å²) in [6, 6.07) is 0. The molecule has 0 unspecified atom stereocenters. The molecule has 2 heteroatoms. The van der Waals surface area contributed by atoms with E-state index in [-0.39, 0.29) is 0 Å².